The normalized spacial score (nSPS) is 12.4. The number of thiophene rings is 1. The number of halogens is 1. The van der Waals surface area contributed by atoms with E-state index >= 15 is 0 Å². The minimum absolute atomic E-state index is 0.295. The molecular weight excluding hydrogens is 290 g/mol. The highest BCUT2D eigenvalue weighted by molar-refractivity contribution is 7.10. The van der Waals surface area contributed by atoms with Crippen molar-refractivity contribution in [2.24, 2.45) is 5.92 Å². The number of rotatable bonds is 6. The Morgan fingerprint density at radius 3 is 2.65 bits per heavy atom. The van der Waals surface area contributed by atoms with E-state index in [1.54, 1.807) is 11.3 Å². The first-order chi connectivity index (χ1) is 9.61. The van der Waals surface area contributed by atoms with Crippen LogP contribution in [0.15, 0.2) is 35.7 Å². The van der Waals surface area contributed by atoms with Gasteiger partial charge < -0.3 is 10.1 Å². The quantitative estimate of drug-likeness (QED) is 0.749. The van der Waals surface area contributed by atoms with Crippen molar-refractivity contribution < 1.29 is 4.74 Å². The summed E-state index contributed by atoms with van der Waals surface area (Å²) in [5, 5.41) is 6.31. The summed E-state index contributed by atoms with van der Waals surface area (Å²) in [6.07, 6.45) is 0. The number of benzene rings is 1. The van der Waals surface area contributed by atoms with E-state index in [-0.39, 0.29) is 0 Å². The average Bonchev–Trinajstić information content (AvgIpc) is 2.92. The smallest absolute Gasteiger partial charge is 0.138 e. The number of nitrogens with one attached hydrogen (secondary N) is 1. The molecule has 2 rings (SSSR count). The molecule has 1 unspecified atom stereocenters. The fraction of sp³-hybridized carbons (Fsp3) is 0.375. The molecule has 1 heterocycles. The van der Waals surface area contributed by atoms with Gasteiger partial charge in [-0.25, -0.2) is 0 Å². The maximum absolute atomic E-state index is 6.23. The van der Waals surface area contributed by atoms with E-state index in [0.29, 0.717) is 23.6 Å². The van der Waals surface area contributed by atoms with Crippen molar-refractivity contribution in [3.63, 3.8) is 0 Å². The predicted octanol–water partition coefficient (Wildman–Crippen LogP) is 5.61. The number of anilines is 1. The lowest BCUT2D eigenvalue weighted by Gasteiger charge is -2.23. The Kier molecular flexibility index (Phi) is 5.32. The molecule has 0 radical (unpaired) electrons. The first-order valence-corrected chi connectivity index (χ1v) is 8.10. The molecule has 1 aromatic carbocycles. The van der Waals surface area contributed by atoms with Crippen LogP contribution in [0.3, 0.4) is 0 Å². The van der Waals surface area contributed by atoms with Gasteiger partial charge >= 0.3 is 0 Å². The summed E-state index contributed by atoms with van der Waals surface area (Å²) in [5.74, 6) is 1.23. The molecule has 20 heavy (non-hydrogen) atoms. The molecule has 0 aliphatic rings. The van der Waals surface area contributed by atoms with Gasteiger partial charge in [0.1, 0.15) is 5.75 Å². The molecule has 1 atom stereocenters. The summed E-state index contributed by atoms with van der Waals surface area (Å²) in [5.41, 5.74) is 1.02. The van der Waals surface area contributed by atoms with Crippen LogP contribution in [0.5, 0.6) is 5.75 Å². The van der Waals surface area contributed by atoms with E-state index in [1.807, 2.05) is 25.1 Å². The Morgan fingerprint density at radius 1 is 1.30 bits per heavy atom. The molecule has 0 aliphatic carbocycles. The third-order valence-corrected chi connectivity index (χ3v) is 4.32. The summed E-state index contributed by atoms with van der Waals surface area (Å²) < 4.78 is 5.46. The van der Waals surface area contributed by atoms with Crippen LogP contribution in [0.25, 0.3) is 0 Å². The highest BCUT2D eigenvalue weighted by Gasteiger charge is 2.17. The van der Waals surface area contributed by atoms with E-state index in [0.717, 1.165) is 11.4 Å². The predicted molar refractivity (Wildman–Crippen MR) is 88.1 cm³/mol. The Hall–Kier alpha value is -1.19. The van der Waals surface area contributed by atoms with Crippen molar-refractivity contribution in [1.29, 1.82) is 0 Å². The second-order valence-electron chi connectivity index (χ2n) is 4.96. The van der Waals surface area contributed by atoms with Gasteiger partial charge in [-0.1, -0.05) is 31.5 Å². The zero-order chi connectivity index (χ0) is 14.5. The molecule has 4 heteroatoms. The average molecular weight is 310 g/mol. The summed E-state index contributed by atoms with van der Waals surface area (Å²) >= 11 is 8.01. The van der Waals surface area contributed by atoms with E-state index in [9.17, 15) is 0 Å². The van der Waals surface area contributed by atoms with Gasteiger partial charge in [-0.2, -0.15) is 0 Å². The molecule has 1 aromatic heterocycles. The van der Waals surface area contributed by atoms with Crippen LogP contribution in [0.4, 0.5) is 5.69 Å². The lowest BCUT2D eigenvalue weighted by atomic mass is 10.0. The van der Waals surface area contributed by atoms with Crippen LogP contribution in [0.1, 0.15) is 31.7 Å². The van der Waals surface area contributed by atoms with Crippen LogP contribution in [-0.4, -0.2) is 6.61 Å². The van der Waals surface area contributed by atoms with Crippen molar-refractivity contribution in [1.82, 2.24) is 0 Å². The molecule has 108 valence electrons. The van der Waals surface area contributed by atoms with E-state index in [4.69, 9.17) is 16.3 Å². The highest BCUT2D eigenvalue weighted by Crippen LogP contribution is 2.33. The topological polar surface area (TPSA) is 21.3 Å². The molecule has 2 aromatic rings. The Balaban J connectivity index is 2.17. The Bertz CT molecular complexity index is 539. The summed E-state index contributed by atoms with van der Waals surface area (Å²) in [6, 6.07) is 10.4. The fourth-order valence-electron chi connectivity index (χ4n) is 2.08. The Morgan fingerprint density at radius 2 is 2.10 bits per heavy atom. The zero-order valence-electron chi connectivity index (χ0n) is 12.0. The first kappa shape index (κ1) is 15.2. The lowest BCUT2D eigenvalue weighted by molar-refractivity contribution is 0.340. The highest BCUT2D eigenvalue weighted by atomic mass is 35.5. The molecule has 0 aliphatic heterocycles. The molecule has 2 nitrogen and oxygen atoms in total. The van der Waals surface area contributed by atoms with Crippen molar-refractivity contribution in [3.05, 3.63) is 45.6 Å². The van der Waals surface area contributed by atoms with E-state index < -0.39 is 0 Å². The van der Waals surface area contributed by atoms with Crippen molar-refractivity contribution in [2.45, 2.75) is 26.8 Å². The fourth-order valence-corrected chi connectivity index (χ4v) is 3.26. The second-order valence-corrected chi connectivity index (χ2v) is 6.35. The van der Waals surface area contributed by atoms with Crippen LogP contribution in [0, 0.1) is 5.92 Å². The standard InChI is InChI=1S/C16H20ClNOS/c1-4-19-14-8-7-12(10-13(14)17)18-16(11(2)3)15-6-5-9-20-15/h5-11,16,18H,4H2,1-3H3. The summed E-state index contributed by atoms with van der Waals surface area (Å²) in [7, 11) is 0. The van der Waals surface area contributed by atoms with Crippen molar-refractivity contribution in [3.8, 4) is 5.75 Å². The van der Waals surface area contributed by atoms with E-state index in [2.05, 4.69) is 36.7 Å². The maximum atomic E-state index is 6.23. The molecule has 0 saturated carbocycles. The third kappa shape index (κ3) is 3.68. The van der Waals surface area contributed by atoms with Gasteiger partial charge in [-0.15, -0.1) is 11.3 Å². The first-order valence-electron chi connectivity index (χ1n) is 6.84. The van der Waals surface area contributed by atoms with Crippen molar-refractivity contribution >= 4 is 28.6 Å². The summed E-state index contributed by atoms with van der Waals surface area (Å²) in [4.78, 5) is 1.34. The number of hydrogen-bond donors (Lipinski definition) is 1. The monoisotopic (exact) mass is 309 g/mol. The summed E-state index contributed by atoms with van der Waals surface area (Å²) in [6.45, 7) is 7.01. The van der Waals surface area contributed by atoms with Gasteiger partial charge in [0.25, 0.3) is 0 Å². The number of ether oxygens (including phenoxy) is 1. The maximum Gasteiger partial charge on any atom is 0.138 e. The molecular formula is C16H20ClNOS. The third-order valence-electron chi connectivity index (χ3n) is 3.07. The van der Waals surface area contributed by atoms with Crippen LogP contribution < -0.4 is 10.1 Å². The van der Waals surface area contributed by atoms with Gasteiger partial charge in [0.15, 0.2) is 0 Å². The largest absolute Gasteiger partial charge is 0.492 e. The van der Waals surface area contributed by atoms with Crippen LogP contribution >= 0.6 is 22.9 Å². The molecule has 0 saturated heterocycles. The van der Waals surface area contributed by atoms with E-state index in [1.165, 1.54) is 4.88 Å². The van der Waals surface area contributed by atoms with Crippen molar-refractivity contribution in [2.75, 3.05) is 11.9 Å². The van der Waals surface area contributed by atoms with Gasteiger partial charge in [0, 0.05) is 10.6 Å². The second kappa shape index (κ2) is 7.00. The lowest BCUT2D eigenvalue weighted by Crippen LogP contribution is -2.15. The van der Waals surface area contributed by atoms with Gasteiger partial charge in [-0.05, 0) is 42.5 Å². The van der Waals surface area contributed by atoms with Gasteiger partial charge in [0.05, 0.1) is 17.7 Å². The van der Waals surface area contributed by atoms with Gasteiger partial charge in [-0.3, -0.25) is 0 Å². The molecule has 0 fully saturated rings. The zero-order valence-corrected chi connectivity index (χ0v) is 13.6. The van der Waals surface area contributed by atoms with Gasteiger partial charge in [0.2, 0.25) is 0 Å². The Labute approximate surface area is 129 Å². The van der Waals surface area contributed by atoms with Crippen LogP contribution in [-0.2, 0) is 0 Å². The molecule has 1 N–H and O–H groups in total. The number of hydrogen-bond acceptors (Lipinski definition) is 3. The molecule has 0 bridgehead atoms. The van der Waals surface area contributed by atoms with Crippen LogP contribution in [0.2, 0.25) is 5.02 Å². The minimum atomic E-state index is 0.295. The minimum Gasteiger partial charge on any atom is -0.492 e. The molecule has 0 spiro atoms. The molecule has 0 amide bonds. The SMILES string of the molecule is CCOc1ccc(NC(c2cccs2)C(C)C)cc1Cl.